The lowest BCUT2D eigenvalue weighted by atomic mass is 10.0. The lowest BCUT2D eigenvalue weighted by Gasteiger charge is -2.14. The Kier molecular flexibility index (Phi) is 4.70. The molecule has 6 nitrogen and oxygen atoms in total. The molecule has 0 unspecified atom stereocenters. The molecule has 3 aromatic heterocycles. The van der Waals surface area contributed by atoms with E-state index < -0.39 is 12.1 Å². The summed E-state index contributed by atoms with van der Waals surface area (Å²) in [4.78, 5) is 17.4. The molecule has 10 heteroatoms. The van der Waals surface area contributed by atoms with Crippen LogP contribution in [0.3, 0.4) is 0 Å². The number of nitrogens with one attached hydrogen (secondary N) is 2. The van der Waals surface area contributed by atoms with Crippen LogP contribution in [0.25, 0.3) is 27.7 Å². The van der Waals surface area contributed by atoms with Gasteiger partial charge in [0.2, 0.25) is 5.91 Å². The fraction of sp³-hybridized carbons (Fsp3) is 0.250. The lowest BCUT2D eigenvalue weighted by Crippen LogP contribution is -2.15. The van der Waals surface area contributed by atoms with Gasteiger partial charge in [0.1, 0.15) is 11.8 Å². The molecule has 0 aliphatic heterocycles. The number of carbonyl (C=O) groups excluding carboxylic acids is 1. The first-order valence-electron chi connectivity index (χ1n) is 9.22. The molecule has 0 spiro atoms. The van der Waals surface area contributed by atoms with Crippen LogP contribution >= 0.6 is 23.5 Å². The van der Waals surface area contributed by atoms with Crippen molar-refractivity contribution in [2.75, 3.05) is 17.8 Å². The van der Waals surface area contributed by atoms with E-state index in [1.165, 1.54) is 23.5 Å². The van der Waals surface area contributed by atoms with Gasteiger partial charge in [-0.25, -0.2) is 13.8 Å². The molecule has 30 heavy (non-hydrogen) atoms. The van der Waals surface area contributed by atoms with Crippen LogP contribution in [0.2, 0.25) is 0 Å². The molecule has 3 heterocycles. The summed E-state index contributed by atoms with van der Waals surface area (Å²) in [5, 5.41) is 10.5. The van der Waals surface area contributed by atoms with Crippen molar-refractivity contribution < 1.29 is 13.6 Å². The number of benzene rings is 1. The highest BCUT2D eigenvalue weighted by atomic mass is 32.2. The third kappa shape index (κ3) is 3.05. The second-order valence-electron chi connectivity index (χ2n) is 7.07. The van der Waals surface area contributed by atoms with Crippen molar-refractivity contribution in [1.82, 2.24) is 19.6 Å². The standard InChI is InChI=1S/C20H17F2N5OS2/c1-29-18-15(11-6-23-26-17(11)19(30-2)16(18)22)9-3-4-14-24-13(8-27(14)7-9)25-20(28)10-5-12(10)21/h3-4,6-8,10,12H,5H2,1-2H3,(H,23,26)(H,25,28)/t10-,12+/m1/s1. The Labute approximate surface area is 178 Å². The molecule has 1 aliphatic carbocycles. The normalized spacial score (nSPS) is 18.3. The number of imidazole rings is 1. The quantitative estimate of drug-likeness (QED) is 0.434. The Morgan fingerprint density at radius 3 is 2.73 bits per heavy atom. The Morgan fingerprint density at radius 2 is 2.03 bits per heavy atom. The Balaban J connectivity index is 1.60. The van der Waals surface area contributed by atoms with Crippen LogP contribution in [0.15, 0.2) is 40.5 Å². The number of halogens is 2. The Bertz CT molecular complexity index is 1300. The highest BCUT2D eigenvalue weighted by molar-refractivity contribution is 7.99. The van der Waals surface area contributed by atoms with Gasteiger partial charge >= 0.3 is 0 Å². The molecule has 5 rings (SSSR count). The van der Waals surface area contributed by atoms with Crippen LogP contribution in [-0.2, 0) is 4.79 Å². The van der Waals surface area contributed by atoms with Gasteiger partial charge in [0, 0.05) is 22.7 Å². The maximum absolute atomic E-state index is 15.2. The van der Waals surface area contributed by atoms with Crippen molar-refractivity contribution in [2.24, 2.45) is 5.92 Å². The summed E-state index contributed by atoms with van der Waals surface area (Å²) in [6.45, 7) is 0. The number of amides is 1. The second-order valence-corrected chi connectivity index (χ2v) is 8.70. The minimum absolute atomic E-state index is 0.263. The molecule has 2 atom stereocenters. The number of alkyl halides is 1. The molecule has 2 N–H and O–H groups in total. The van der Waals surface area contributed by atoms with Crippen molar-refractivity contribution in [2.45, 2.75) is 22.4 Å². The number of hydrogen-bond acceptors (Lipinski definition) is 5. The molecule has 1 aromatic carbocycles. The highest BCUT2D eigenvalue weighted by Crippen LogP contribution is 2.43. The zero-order valence-electron chi connectivity index (χ0n) is 16.1. The third-order valence-electron chi connectivity index (χ3n) is 5.21. The zero-order chi connectivity index (χ0) is 21.0. The minimum Gasteiger partial charge on any atom is -0.309 e. The summed E-state index contributed by atoms with van der Waals surface area (Å²) in [6, 6.07) is 3.67. The Hall–Kier alpha value is -2.59. The molecule has 0 bridgehead atoms. The predicted molar refractivity (Wildman–Crippen MR) is 115 cm³/mol. The number of anilines is 1. The van der Waals surface area contributed by atoms with Crippen molar-refractivity contribution in [3.8, 4) is 11.1 Å². The van der Waals surface area contributed by atoms with E-state index in [-0.39, 0.29) is 18.1 Å². The van der Waals surface area contributed by atoms with Gasteiger partial charge in [-0.05, 0) is 31.1 Å². The number of rotatable bonds is 5. The van der Waals surface area contributed by atoms with Gasteiger partial charge in [-0.15, -0.1) is 23.5 Å². The van der Waals surface area contributed by atoms with Crippen molar-refractivity contribution in [1.29, 1.82) is 0 Å². The average Bonchev–Trinajstić information content (AvgIpc) is 3.12. The summed E-state index contributed by atoms with van der Waals surface area (Å²) >= 11 is 2.69. The third-order valence-corrected chi connectivity index (χ3v) is 6.79. The van der Waals surface area contributed by atoms with E-state index in [2.05, 4.69) is 20.5 Å². The van der Waals surface area contributed by atoms with E-state index in [0.717, 1.165) is 16.5 Å². The summed E-state index contributed by atoms with van der Waals surface area (Å²) in [7, 11) is 0. The molecule has 1 fully saturated rings. The van der Waals surface area contributed by atoms with Crippen LogP contribution in [0, 0.1) is 11.7 Å². The molecule has 1 aliphatic rings. The van der Waals surface area contributed by atoms with Gasteiger partial charge in [-0.2, -0.15) is 5.10 Å². The van der Waals surface area contributed by atoms with Gasteiger partial charge in [0.05, 0.1) is 33.6 Å². The molecule has 4 aromatic rings. The fourth-order valence-electron chi connectivity index (χ4n) is 3.62. The number of aromatic nitrogens is 4. The van der Waals surface area contributed by atoms with Gasteiger partial charge < -0.3 is 9.72 Å². The lowest BCUT2D eigenvalue weighted by molar-refractivity contribution is -0.117. The first kappa shape index (κ1) is 19.4. The van der Waals surface area contributed by atoms with Crippen LogP contribution in [0.1, 0.15) is 6.42 Å². The SMILES string of the molecule is CSc1c(F)c(SC)c2[nH]ncc2c1-c1ccc2nc(NC(=O)[C@@H]3C[C@@H]3F)cn2c1. The zero-order valence-corrected chi connectivity index (χ0v) is 17.7. The second kappa shape index (κ2) is 7.28. The minimum atomic E-state index is -1.06. The first-order chi connectivity index (χ1) is 14.5. The highest BCUT2D eigenvalue weighted by Gasteiger charge is 2.43. The number of fused-ring (bicyclic) bond motifs is 2. The van der Waals surface area contributed by atoms with Crippen molar-refractivity contribution in [3.63, 3.8) is 0 Å². The largest absolute Gasteiger partial charge is 0.309 e. The van der Waals surface area contributed by atoms with E-state index in [0.29, 0.717) is 26.8 Å². The fourth-order valence-corrected chi connectivity index (χ4v) is 5.04. The molecule has 1 saturated carbocycles. The van der Waals surface area contributed by atoms with Crippen molar-refractivity contribution >= 4 is 51.8 Å². The van der Waals surface area contributed by atoms with E-state index >= 15 is 4.39 Å². The van der Waals surface area contributed by atoms with Gasteiger partial charge in [-0.1, -0.05) is 0 Å². The monoisotopic (exact) mass is 445 g/mol. The summed E-state index contributed by atoms with van der Waals surface area (Å²) in [5.41, 5.74) is 2.83. The van der Waals surface area contributed by atoms with Gasteiger partial charge in [-0.3, -0.25) is 9.89 Å². The molecule has 0 saturated heterocycles. The number of aromatic amines is 1. The molecule has 0 radical (unpaired) electrons. The molecular weight excluding hydrogens is 428 g/mol. The molecule has 1 amide bonds. The summed E-state index contributed by atoms with van der Waals surface area (Å²) in [6.07, 6.45) is 8.10. The maximum atomic E-state index is 15.2. The number of nitrogens with zero attached hydrogens (tertiary/aromatic N) is 3. The number of hydrogen-bond donors (Lipinski definition) is 2. The number of thioether (sulfide) groups is 2. The van der Waals surface area contributed by atoms with E-state index in [4.69, 9.17) is 0 Å². The van der Waals surface area contributed by atoms with E-state index in [1.807, 2.05) is 24.8 Å². The number of carbonyl (C=O) groups is 1. The van der Waals surface area contributed by atoms with E-state index in [9.17, 15) is 9.18 Å². The van der Waals surface area contributed by atoms with Gasteiger partial charge in [0.25, 0.3) is 0 Å². The Morgan fingerprint density at radius 1 is 1.27 bits per heavy atom. The van der Waals surface area contributed by atoms with Crippen LogP contribution in [-0.4, -0.2) is 44.2 Å². The van der Waals surface area contributed by atoms with Gasteiger partial charge in [0.15, 0.2) is 11.6 Å². The smallest absolute Gasteiger partial charge is 0.231 e. The van der Waals surface area contributed by atoms with Crippen LogP contribution in [0.5, 0.6) is 0 Å². The average molecular weight is 446 g/mol. The number of H-pyrrole nitrogens is 1. The topological polar surface area (TPSA) is 75.1 Å². The van der Waals surface area contributed by atoms with Crippen LogP contribution in [0.4, 0.5) is 14.6 Å². The van der Waals surface area contributed by atoms with Crippen molar-refractivity contribution in [3.05, 3.63) is 36.5 Å². The maximum Gasteiger partial charge on any atom is 0.231 e. The first-order valence-corrected chi connectivity index (χ1v) is 11.7. The predicted octanol–water partition coefficient (Wildman–Crippen LogP) is 4.76. The summed E-state index contributed by atoms with van der Waals surface area (Å²) < 4.78 is 30.1. The molecular formula is C20H17F2N5OS2. The van der Waals surface area contributed by atoms with Crippen LogP contribution < -0.4 is 5.32 Å². The summed E-state index contributed by atoms with van der Waals surface area (Å²) in [5.74, 6) is -0.850. The molecule has 154 valence electrons. The number of pyridine rings is 1. The van der Waals surface area contributed by atoms with E-state index in [1.54, 1.807) is 22.9 Å².